The Bertz CT molecular complexity index is 359. The van der Waals surface area contributed by atoms with E-state index < -0.39 is 5.54 Å². The van der Waals surface area contributed by atoms with Crippen LogP contribution in [0.25, 0.3) is 0 Å². The van der Waals surface area contributed by atoms with Crippen LogP contribution >= 0.6 is 0 Å². The highest BCUT2D eigenvalue weighted by atomic mass is 16.5. The third-order valence-electron chi connectivity index (χ3n) is 5.27. The zero-order valence-corrected chi connectivity index (χ0v) is 14.2. The number of nitrogens with one attached hydrogen (secondary N) is 1. The van der Waals surface area contributed by atoms with Crippen LogP contribution in [0.1, 0.15) is 59.3 Å². The number of hydrogen-bond acceptors (Lipinski definition) is 4. The molecular formula is C17H32N2O2. The second-order valence-electron chi connectivity index (χ2n) is 7.18. The molecule has 3 atom stereocenters. The van der Waals surface area contributed by atoms with Crippen molar-refractivity contribution in [3.63, 3.8) is 0 Å². The van der Waals surface area contributed by atoms with Crippen molar-refractivity contribution < 1.29 is 9.53 Å². The first-order valence-electron chi connectivity index (χ1n) is 8.61. The largest absolute Gasteiger partial charge is 0.468 e. The van der Waals surface area contributed by atoms with Gasteiger partial charge in [0.1, 0.15) is 5.54 Å². The summed E-state index contributed by atoms with van der Waals surface area (Å²) >= 11 is 0. The number of esters is 1. The van der Waals surface area contributed by atoms with Crippen LogP contribution < -0.4 is 5.32 Å². The zero-order valence-electron chi connectivity index (χ0n) is 14.2. The zero-order chi connectivity index (χ0) is 15.5. The standard InChI is InChI=1S/C17H32N2O2/c1-5-14-7-6-10-19(12-14)15-8-9-17(11-15,16(20)21-4)18-13(2)3/h13-15,18H,5-12H2,1-4H3. The average Bonchev–Trinajstić information content (AvgIpc) is 2.91. The molecule has 0 aromatic heterocycles. The van der Waals surface area contributed by atoms with Crippen molar-refractivity contribution in [2.24, 2.45) is 5.92 Å². The molecular weight excluding hydrogens is 264 g/mol. The first kappa shape index (κ1) is 16.8. The van der Waals surface area contributed by atoms with E-state index in [0.717, 1.165) is 25.2 Å². The summed E-state index contributed by atoms with van der Waals surface area (Å²) < 4.78 is 5.10. The molecule has 0 aromatic carbocycles. The fraction of sp³-hybridized carbons (Fsp3) is 0.941. The molecule has 2 fully saturated rings. The van der Waals surface area contributed by atoms with Crippen LogP contribution in [0.5, 0.6) is 0 Å². The maximum atomic E-state index is 12.3. The lowest BCUT2D eigenvalue weighted by molar-refractivity contribution is -0.149. The minimum Gasteiger partial charge on any atom is -0.468 e. The average molecular weight is 296 g/mol. The highest BCUT2D eigenvalue weighted by molar-refractivity contribution is 5.81. The molecule has 1 saturated carbocycles. The number of rotatable bonds is 5. The van der Waals surface area contributed by atoms with E-state index in [1.54, 1.807) is 0 Å². The van der Waals surface area contributed by atoms with E-state index in [1.807, 2.05) is 0 Å². The Hall–Kier alpha value is -0.610. The number of carbonyl (C=O) groups excluding carboxylic acids is 1. The normalized spacial score (nSPS) is 34.3. The van der Waals surface area contributed by atoms with E-state index in [0.29, 0.717) is 12.1 Å². The first-order valence-corrected chi connectivity index (χ1v) is 8.61. The maximum absolute atomic E-state index is 12.3. The van der Waals surface area contributed by atoms with Crippen LogP contribution in [0, 0.1) is 5.92 Å². The maximum Gasteiger partial charge on any atom is 0.326 e. The smallest absolute Gasteiger partial charge is 0.326 e. The molecule has 0 radical (unpaired) electrons. The number of ether oxygens (including phenoxy) is 1. The van der Waals surface area contributed by atoms with E-state index in [-0.39, 0.29) is 5.97 Å². The van der Waals surface area contributed by atoms with E-state index in [4.69, 9.17) is 4.74 Å². The lowest BCUT2D eigenvalue weighted by Crippen LogP contribution is -2.54. The highest BCUT2D eigenvalue weighted by Crippen LogP contribution is 2.36. The molecule has 122 valence electrons. The summed E-state index contributed by atoms with van der Waals surface area (Å²) in [5, 5.41) is 3.50. The van der Waals surface area contributed by atoms with Gasteiger partial charge in [0.2, 0.25) is 0 Å². The highest BCUT2D eigenvalue weighted by Gasteiger charge is 2.48. The second kappa shape index (κ2) is 7.10. The Morgan fingerprint density at radius 2 is 2.19 bits per heavy atom. The van der Waals surface area contributed by atoms with E-state index in [9.17, 15) is 4.79 Å². The summed E-state index contributed by atoms with van der Waals surface area (Å²) in [6.07, 6.45) is 6.84. The topological polar surface area (TPSA) is 41.6 Å². The van der Waals surface area contributed by atoms with Crippen LogP contribution in [-0.4, -0.2) is 48.7 Å². The summed E-state index contributed by atoms with van der Waals surface area (Å²) in [4.78, 5) is 14.9. The number of hydrogen-bond donors (Lipinski definition) is 1. The number of likely N-dealkylation sites (tertiary alicyclic amines) is 1. The Morgan fingerprint density at radius 3 is 2.81 bits per heavy atom. The van der Waals surface area contributed by atoms with Crippen LogP contribution in [0.15, 0.2) is 0 Å². The van der Waals surface area contributed by atoms with Gasteiger partial charge in [0.15, 0.2) is 0 Å². The fourth-order valence-corrected chi connectivity index (χ4v) is 4.22. The predicted octanol–water partition coefficient (Wildman–Crippen LogP) is 2.57. The molecule has 1 N–H and O–H groups in total. The SMILES string of the molecule is CCC1CCCN(C2CCC(NC(C)C)(C(=O)OC)C2)C1. The van der Waals surface area contributed by atoms with Gasteiger partial charge in [-0.1, -0.05) is 13.3 Å². The van der Waals surface area contributed by atoms with Crippen molar-refractivity contribution in [2.75, 3.05) is 20.2 Å². The number of nitrogens with zero attached hydrogens (tertiary/aromatic N) is 1. The number of methoxy groups -OCH3 is 1. The molecule has 2 rings (SSSR count). The summed E-state index contributed by atoms with van der Waals surface area (Å²) in [6.45, 7) is 8.90. The molecule has 1 aliphatic carbocycles. The molecule has 0 amide bonds. The van der Waals surface area contributed by atoms with Gasteiger partial charge in [-0.2, -0.15) is 0 Å². The van der Waals surface area contributed by atoms with Crippen molar-refractivity contribution >= 4 is 5.97 Å². The van der Waals surface area contributed by atoms with Gasteiger partial charge in [0.05, 0.1) is 7.11 Å². The number of carbonyl (C=O) groups is 1. The van der Waals surface area contributed by atoms with Gasteiger partial charge in [0, 0.05) is 18.6 Å². The number of piperidine rings is 1. The molecule has 21 heavy (non-hydrogen) atoms. The third kappa shape index (κ3) is 3.78. The Balaban J connectivity index is 2.03. The van der Waals surface area contributed by atoms with Gasteiger partial charge < -0.3 is 9.64 Å². The quantitative estimate of drug-likeness (QED) is 0.792. The molecule has 2 aliphatic rings. The second-order valence-corrected chi connectivity index (χ2v) is 7.18. The van der Waals surface area contributed by atoms with Crippen LogP contribution in [-0.2, 0) is 9.53 Å². The van der Waals surface area contributed by atoms with E-state index in [2.05, 4.69) is 31.0 Å². The van der Waals surface area contributed by atoms with Crippen molar-refractivity contribution in [3.05, 3.63) is 0 Å². The molecule has 1 heterocycles. The molecule has 3 unspecified atom stereocenters. The van der Waals surface area contributed by atoms with Gasteiger partial charge >= 0.3 is 5.97 Å². The van der Waals surface area contributed by atoms with Gasteiger partial charge in [-0.3, -0.25) is 10.1 Å². The summed E-state index contributed by atoms with van der Waals surface area (Å²) in [7, 11) is 1.51. The molecule has 1 aliphatic heterocycles. The molecule has 1 saturated heterocycles. The lowest BCUT2D eigenvalue weighted by Gasteiger charge is -2.37. The van der Waals surface area contributed by atoms with E-state index in [1.165, 1.54) is 39.5 Å². The van der Waals surface area contributed by atoms with Gasteiger partial charge in [-0.05, 0) is 58.4 Å². The van der Waals surface area contributed by atoms with Gasteiger partial charge in [-0.15, -0.1) is 0 Å². The minimum atomic E-state index is -0.466. The Labute approximate surface area is 129 Å². The lowest BCUT2D eigenvalue weighted by atomic mass is 9.93. The van der Waals surface area contributed by atoms with E-state index >= 15 is 0 Å². The van der Waals surface area contributed by atoms with Crippen LogP contribution in [0.4, 0.5) is 0 Å². The van der Waals surface area contributed by atoms with Gasteiger partial charge in [-0.25, -0.2) is 0 Å². The monoisotopic (exact) mass is 296 g/mol. The molecule has 0 aromatic rings. The van der Waals surface area contributed by atoms with Crippen LogP contribution in [0.2, 0.25) is 0 Å². The molecule has 0 spiro atoms. The summed E-state index contributed by atoms with van der Waals surface area (Å²) in [6, 6.07) is 0.831. The van der Waals surface area contributed by atoms with Crippen molar-refractivity contribution in [1.29, 1.82) is 0 Å². The van der Waals surface area contributed by atoms with Crippen molar-refractivity contribution in [2.45, 2.75) is 76.9 Å². The predicted molar refractivity (Wildman–Crippen MR) is 85.2 cm³/mol. The van der Waals surface area contributed by atoms with Gasteiger partial charge in [0.25, 0.3) is 0 Å². The minimum absolute atomic E-state index is 0.0808. The molecule has 4 heteroatoms. The Morgan fingerprint density at radius 1 is 1.43 bits per heavy atom. The molecule has 4 nitrogen and oxygen atoms in total. The summed E-state index contributed by atoms with van der Waals surface area (Å²) in [5.41, 5.74) is -0.466. The Kier molecular flexibility index (Phi) is 5.67. The fourth-order valence-electron chi connectivity index (χ4n) is 4.22. The van der Waals surface area contributed by atoms with Crippen LogP contribution in [0.3, 0.4) is 0 Å². The summed E-state index contributed by atoms with van der Waals surface area (Å²) in [5.74, 6) is 0.757. The third-order valence-corrected chi connectivity index (χ3v) is 5.27. The molecule has 0 bridgehead atoms. The van der Waals surface area contributed by atoms with Crippen molar-refractivity contribution in [3.8, 4) is 0 Å². The first-order chi connectivity index (χ1) is 10.0. The van der Waals surface area contributed by atoms with Crippen molar-refractivity contribution in [1.82, 2.24) is 10.2 Å².